The zero-order chi connectivity index (χ0) is 7.56. The van der Waals surface area contributed by atoms with E-state index in [9.17, 15) is 10.1 Å². The fourth-order valence-corrected chi connectivity index (χ4v) is 0.639. The maximum Gasteiger partial charge on any atom is 0.287 e. The van der Waals surface area contributed by atoms with Crippen LogP contribution < -0.4 is 0 Å². The molecule has 0 radical (unpaired) electrons. The van der Waals surface area contributed by atoms with Crippen LogP contribution >= 0.6 is 0 Å². The van der Waals surface area contributed by atoms with Gasteiger partial charge in [0.05, 0.1) is 4.92 Å². The van der Waals surface area contributed by atoms with Gasteiger partial charge in [0.2, 0.25) is 0 Å². The summed E-state index contributed by atoms with van der Waals surface area (Å²) in [6.07, 6.45) is 2.81. The minimum absolute atomic E-state index is 0.0417. The van der Waals surface area contributed by atoms with E-state index in [0.29, 0.717) is 0 Å². The van der Waals surface area contributed by atoms with Crippen LogP contribution in [0.15, 0.2) is 18.5 Å². The Kier molecular flexibility index (Phi) is 1.62. The highest BCUT2D eigenvalue weighted by Crippen LogP contribution is 2.08. The van der Waals surface area contributed by atoms with E-state index < -0.39 is 4.92 Å². The zero-order valence-corrected chi connectivity index (χ0v) is 5.44. The molecule has 0 N–H and O–H groups in total. The predicted octanol–water partition coefficient (Wildman–Crippen LogP) is 1.30. The van der Waals surface area contributed by atoms with E-state index in [1.807, 2.05) is 0 Å². The fraction of sp³-hybridized carbons (Fsp3) is 0.167. The van der Waals surface area contributed by atoms with Crippen molar-refractivity contribution >= 4 is 5.69 Å². The summed E-state index contributed by atoms with van der Waals surface area (Å²) in [7, 11) is 0. The van der Waals surface area contributed by atoms with Gasteiger partial charge >= 0.3 is 0 Å². The summed E-state index contributed by atoms with van der Waals surface area (Å²) in [5, 5.41) is 10.1. The second kappa shape index (κ2) is 2.43. The van der Waals surface area contributed by atoms with Gasteiger partial charge in [0, 0.05) is 12.3 Å². The molecule has 0 aromatic carbocycles. The van der Waals surface area contributed by atoms with Gasteiger partial charge in [0.1, 0.15) is 6.20 Å². The van der Waals surface area contributed by atoms with Crippen LogP contribution in [-0.4, -0.2) is 9.91 Å². The Morgan fingerprint density at radius 2 is 2.30 bits per heavy atom. The Labute approximate surface area is 57.7 Å². The molecule has 0 saturated heterocycles. The molecule has 0 aliphatic carbocycles. The molecule has 0 bridgehead atoms. The molecule has 0 aliphatic rings. The van der Waals surface area contributed by atoms with Gasteiger partial charge in [-0.25, -0.2) is 0 Å². The van der Waals surface area contributed by atoms with Crippen molar-refractivity contribution in [3.8, 4) is 0 Å². The Bertz CT molecular complexity index is 260. The van der Waals surface area contributed by atoms with E-state index in [0.717, 1.165) is 5.56 Å². The van der Waals surface area contributed by atoms with E-state index in [4.69, 9.17) is 0 Å². The zero-order valence-electron chi connectivity index (χ0n) is 5.44. The molecule has 0 saturated carbocycles. The lowest BCUT2D eigenvalue weighted by Crippen LogP contribution is -1.88. The van der Waals surface area contributed by atoms with Crippen LogP contribution in [0.4, 0.5) is 5.69 Å². The first-order valence-corrected chi connectivity index (χ1v) is 2.76. The molecule has 0 unspecified atom stereocenters. The monoisotopic (exact) mass is 138 g/mol. The highest BCUT2D eigenvalue weighted by Gasteiger charge is 2.02. The number of hydrogen-bond acceptors (Lipinski definition) is 3. The third kappa shape index (κ3) is 1.28. The number of nitro groups is 1. The molecular weight excluding hydrogens is 132 g/mol. The Balaban J connectivity index is 3.07. The highest BCUT2D eigenvalue weighted by molar-refractivity contribution is 5.28. The molecule has 0 aliphatic heterocycles. The second-order valence-corrected chi connectivity index (χ2v) is 1.98. The molecule has 0 fully saturated rings. The molecule has 4 heteroatoms. The van der Waals surface area contributed by atoms with E-state index in [1.54, 1.807) is 13.1 Å². The molecule has 10 heavy (non-hydrogen) atoms. The van der Waals surface area contributed by atoms with Crippen LogP contribution in [-0.2, 0) is 0 Å². The fourth-order valence-electron chi connectivity index (χ4n) is 0.639. The van der Waals surface area contributed by atoms with Crippen molar-refractivity contribution in [2.24, 2.45) is 0 Å². The van der Waals surface area contributed by atoms with Gasteiger partial charge in [-0.15, -0.1) is 0 Å². The lowest BCUT2D eigenvalue weighted by molar-refractivity contribution is -0.385. The minimum Gasteiger partial charge on any atom is -0.258 e. The second-order valence-electron chi connectivity index (χ2n) is 1.98. The van der Waals surface area contributed by atoms with Crippen molar-refractivity contribution in [1.29, 1.82) is 0 Å². The van der Waals surface area contributed by atoms with Crippen molar-refractivity contribution in [1.82, 2.24) is 4.98 Å². The molecular formula is C6H6N2O2. The summed E-state index contributed by atoms with van der Waals surface area (Å²) in [4.78, 5) is 13.3. The van der Waals surface area contributed by atoms with Crippen LogP contribution in [0.5, 0.6) is 0 Å². The van der Waals surface area contributed by atoms with E-state index in [2.05, 4.69) is 4.98 Å². The third-order valence-corrected chi connectivity index (χ3v) is 1.07. The maximum absolute atomic E-state index is 10.1. The first-order valence-electron chi connectivity index (χ1n) is 2.76. The summed E-state index contributed by atoms with van der Waals surface area (Å²) >= 11 is 0. The highest BCUT2D eigenvalue weighted by atomic mass is 16.6. The first-order chi connectivity index (χ1) is 4.70. The number of hydrogen-bond donors (Lipinski definition) is 0. The first kappa shape index (κ1) is 6.67. The van der Waals surface area contributed by atoms with Crippen LogP contribution in [0.1, 0.15) is 5.56 Å². The van der Waals surface area contributed by atoms with Gasteiger partial charge in [-0.05, 0) is 12.5 Å². The molecule has 4 nitrogen and oxygen atoms in total. The standard InChI is InChI=1S/C6H6N2O2/c1-5-2-6(8(9)10)4-7-3-5/h2-4H,1H3. The summed E-state index contributed by atoms with van der Waals surface area (Å²) < 4.78 is 0. The average Bonchev–Trinajstić information content (AvgIpc) is 1.88. The number of aromatic nitrogens is 1. The van der Waals surface area contributed by atoms with Crippen molar-refractivity contribution < 1.29 is 4.92 Å². The summed E-state index contributed by atoms with van der Waals surface area (Å²) in [6, 6.07) is 1.48. The van der Waals surface area contributed by atoms with Crippen molar-refractivity contribution in [2.45, 2.75) is 6.92 Å². The summed E-state index contributed by atoms with van der Waals surface area (Å²) in [6.45, 7) is 1.76. The molecule has 1 aromatic heterocycles. The average molecular weight is 138 g/mol. The topological polar surface area (TPSA) is 56.0 Å². The van der Waals surface area contributed by atoms with Crippen LogP contribution in [0.2, 0.25) is 0 Å². The van der Waals surface area contributed by atoms with E-state index >= 15 is 0 Å². The minimum atomic E-state index is -0.458. The summed E-state index contributed by atoms with van der Waals surface area (Å²) in [5.41, 5.74) is 0.842. The quantitative estimate of drug-likeness (QED) is 0.434. The van der Waals surface area contributed by atoms with Crippen molar-refractivity contribution in [2.75, 3.05) is 0 Å². The maximum atomic E-state index is 10.1. The Morgan fingerprint density at radius 3 is 2.70 bits per heavy atom. The van der Waals surface area contributed by atoms with Gasteiger partial charge in [0.25, 0.3) is 5.69 Å². The number of aryl methyl sites for hydroxylation is 1. The predicted molar refractivity (Wildman–Crippen MR) is 35.6 cm³/mol. The van der Waals surface area contributed by atoms with Crippen LogP contribution in [0.3, 0.4) is 0 Å². The van der Waals surface area contributed by atoms with Gasteiger partial charge in [-0.3, -0.25) is 15.1 Å². The van der Waals surface area contributed by atoms with Gasteiger partial charge in [-0.1, -0.05) is 0 Å². The molecule has 0 atom stereocenters. The van der Waals surface area contributed by atoms with E-state index in [-0.39, 0.29) is 5.69 Å². The normalized spacial score (nSPS) is 9.30. The van der Waals surface area contributed by atoms with Crippen LogP contribution in [0.25, 0.3) is 0 Å². The van der Waals surface area contributed by atoms with Crippen molar-refractivity contribution in [3.05, 3.63) is 34.1 Å². The number of pyridine rings is 1. The molecule has 1 aromatic rings. The summed E-state index contributed by atoms with van der Waals surface area (Å²) in [5.74, 6) is 0. The molecule has 1 rings (SSSR count). The van der Waals surface area contributed by atoms with Gasteiger partial charge < -0.3 is 0 Å². The molecule has 0 spiro atoms. The Morgan fingerprint density at radius 1 is 1.60 bits per heavy atom. The lowest BCUT2D eigenvalue weighted by Gasteiger charge is -1.89. The number of rotatable bonds is 1. The van der Waals surface area contributed by atoms with Gasteiger partial charge in [0.15, 0.2) is 0 Å². The van der Waals surface area contributed by atoms with Crippen molar-refractivity contribution in [3.63, 3.8) is 0 Å². The SMILES string of the molecule is Cc1cncc([N+](=O)[O-])c1. The smallest absolute Gasteiger partial charge is 0.258 e. The molecule has 52 valence electrons. The van der Waals surface area contributed by atoms with Crippen LogP contribution in [0, 0.1) is 17.0 Å². The van der Waals surface area contributed by atoms with Gasteiger partial charge in [-0.2, -0.15) is 0 Å². The Hall–Kier alpha value is -1.45. The lowest BCUT2D eigenvalue weighted by atomic mass is 10.3. The third-order valence-electron chi connectivity index (χ3n) is 1.07. The largest absolute Gasteiger partial charge is 0.287 e. The number of nitrogens with zero attached hydrogens (tertiary/aromatic N) is 2. The molecule has 0 amide bonds. The molecule has 1 heterocycles. The van der Waals surface area contributed by atoms with E-state index in [1.165, 1.54) is 12.3 Å².